The zero-order valence-electron chi connectivity index (χ0n) is 17.6. The molecule has 8 heteroatoms. The van der Waals surface area contributed by atoms with Crippen molar-refractivity contribution < 1.29 is 4.79 Å². The highest BCUT2D eigenvalue weighted by Crippen LogP contribution is 2.22. The van der Waals surface area contributed by atoms with Gasteiger partial charge >= 0.3 is 0 Å². The first kappa shape index (κ1) is 20.0. The predicted octanol–water partition coefficient (Wildman–Crippen LogP) is 3.84. The summed E-state index contributed by atoms with van der Waals surface area (Å²) in [6.07, 6.45) is 9.10. The Morgan fingerprint density at radius 2 is 1.90 bits per heavy atom. The average Bonchev–Trinajstić information content (AvgIpc) is 3.54. The number of hydrogen-bond donors (Lipinski definition) is 0. The van der Waals surface area contributed by atoms with Gasteiger partial charge in [0.1, 0.15) is 0 Å². The Balaban J connectivity index is 1.33. The smallest absolute Gasteiger partial charge is 0.274 e. The minimum absolute atomic E-state index is 0.0718. The SMILES string of the molecule is CN(Cc1ccc(-n2cccn2)cc1)Cc1c(C(=O)N2CCCCC2)nc2sccn12. The molecule has 3 aromatic heterocycles. The molecule has 0 aliphatic carbocycles. The van der Waals surface area contributed by atoms with Crippen molar-refractivity contribution in [3.8, 4) is 5.69 Å². The first-order chi connectivity index (χ1) is 15.2. The summed E-state index contributed by atoms with van der Waals surface area (Å²) >= 11 is 1.57. The number of fused-ring (bicyclic) bond motifs is 1. The third-order valence-corrected chi connectivity index (χ3v) is 6.54. The van der Waals surface area contributed by atoms with E-state index in [1.54, 1.807) is 17.5 Å². The van der Waals surface area contributed by atoms with Crippen LogP contribution in [0.2, 0.25) is 0 Å². The van der Waals surface area contributed by atoms with Crippen molar-refractivity contribution >= 4 is 22.2 Å². The van der Waals surface area contributed by atoms with Crippen LogP contribution in [-0.2, 0) is 13.1 Å². The maximum atomic E-state index is 13.2. The number of aromatic nitrogens is 4. The van der Waals surface area contributed by atoms with Crippen LogP contribution in [0, 0.1) is 0 Å². The number of carbonyl (C=O) groups is 1. The number of piperidine rings is 1. The number of carbonyl (C=O) groups excluding carboxylic acids is 1. The molecule has 5 rings (SSSR count). The minimum atomic E-state index is 0.0718. The molecule has 0 N–H and O–H groups in total. The van der Waals surface area contributed by atoms with Crippen molar-refractivity contribution in [2.45, 2.75) is 32.4 Å². The van der Waals surface area contributed by atoms with Gasteiger partial charge in [0.15, 0.2) is 10.7 Å². The fourth-order valence-electron chi connectivity index (χ4n) is 4.20. The van der Waals surface area contributed by atoms with E-state index < -0.39 is 0 Å². The molecule has 1 aromatic carbocycles. The lowest BCUT2D eigenvalue weighted by atomic mass is 10.1. The van der Waals surface area contributed by atoms with Gasteiger partial charge in [0, 0.05) is 50.1 Å². The van der Waals surface area contributed by atoms with Gasteiger partial charge in [-0.05, 0) is 50.1 Å². The Bertz CT molecular complexity index is 1150. The van der Waals surface area contributed by atoms with Crippen molar-refractivity contribution in [3.63, 3.8) is 0 Å². The Morgan fingerprint density at radius 3 is 2.65 bits per heavy atom. The van der Waals surface area contributed by atoms with Gasteiger partial charge < -0.3 is 4.90 Å². The zero-order valence-corrected chi connectivity index (χ0v) is 18.5. The van der Waals surface area contributed by atoms with Gasteiger partial charge in [-0.15, -0.1) is 11.3 Å². The van der Waals surface area contributed by atoms with Crippen LogP contribution in [0.4, 0.5) is 0 Å². The average molecular weight is 435 g/mol. The number of imidazole rings is 1. The normalized spacial score (nSPS) is 14.6. The maximum absolute atomic E-state index is 13.2. The quantitative estimate of drug-likeness (QED) is 0.463. The topological polar surface area (TPSA) is 58.7 Å². The maximum Gasteiger partial charge on any atom is 0.274 e. The predicted molar refractivity (Wildman–Crippen MR) is 122 cm³/mol. The highest BCUT2D eigenvalue weighted by molar-refractivity contribution is 7.15. The molecule has 1 saturated heterocycles. The molecule has 1 amide bonds. The second-order valence-corrected chi connectivity index (χ2v) is 8.98. The van der Waals surface area contributed by atoms with Gasteiger partial charge in [-0.1, -0.05) is 12.1 Å². The molecule has 1 aliphatic heterocycles. The molecule has 0 bridgehead atoms. The Labute approximate surface area is 185 Å². The molecule has 0 atom stereocenters. The third-order valence-electron chi connectivity index (χ3n) is 5.78. The molecule has 7 nitrogen and oxygen atoms in total. The van der Waals surface area contributed by atoms with Crippen molar-refractivity contribution in [3.05, 3.63) is 71.3 Å². The summed E-state index contributed by atoms with van der Waals surface area (Å²) in [5.74, 6) is 0.0718. The largest absolute Gasteiger partial charge is 0.337 e. The first-order valence-corrected chi connectivity index (χ1v) is 11.6. The fourth-order valence-corrected chi connectivity index (χ4v) is 4.93. The van der Waals surface area contributed by atoms with E-state index in [4.69, 9.17) is 4.98 Å². The molecule has 0 radical (unpaired) electrons. The zero-order chi connectivity index (χ0) is 21.2. The van der Waals surface area contributed by atoms with Crippen LogP contribution in [0.15, 0.2) is 54.3 Å². The number of benzene rings is 1. The van der Waals surface area contributed by atoms with Crippen molar-refractivity contribution in [1.82, 2.24) is 29.0 Å². The lowest BCUT2D eigenvalue weighted by Crippen LogP contribution is -2.36. The van der Waals surface area contributed by atoms with E-state index in [0.29, 0.717) is 12.2 Å². The molecule has 4 heterocycles. The molecule has 160 valence electrons. The van der Waals surface area contributed by atoms with E-state index in [1.807, 2.05) is 33.4 Å². The first-order valence-electron chi connectivity index (χ1n) is 10.7. The van der Waals surface area contributed by atoms with Gasteiger partial charge in [0.05, 0.1) is 11.4 Å². The molecule has 0 saturated carbocycles. The van der Waals surface area contributed by atoms with Crippen LogP contribution in [-0.4, -0.2) is 55.0 Å². The lowest BCUT2D eigenvalue weighted by Gasteiger charge is -2.26. The standard InChI is InChI=1S/C23H26N6OS/c1-26(16-18-6-8-19(9-7-18)29-13-5-10-24-29)17-20-21(25-23-28(20)14-15-31-23)22(30)27-11-3-2-4-12-27/h5-10,13-15H,2-4,11-12,16-17H2,1H3. The second-order valence-electron chi connectivity index (χ2n) is 8.10. The summed E-state index contributed by atoms with van der Waals surface area (Å²) in [6, 6.07) is 10.3. The van der Waals surface area contributed by atoms with Crippen LogP contribution in [0.25, 0.3) is 10.6 Å². The molecular formula is C23H26N6OS. The van der Waals surface area contributed by atoms with Crippen LogP contribution < -0.4 is 0 Å². The van der Waals surface area contributed by atoms with Gasteiger partial charge in [-0.3, -0.25) is 14.1 Å². The van der Waals surface area contributed by atoms with Crippen LogP contribution in [0.1, 0.15) is 41.0 Å². The molecule has 0 unspecified atom stereocenters. The molecule has 4 aromatic rings. The number of nitrogens with zero attached hydrogens (tertiary/aromatic N) is 6. The Kier molecular flexibility index (Phi) is 5.57. The monoisotopic (exact) mass is 434 g/mol. The number of hydrogen-bond acceptors (Lipinski definition) is 5. The Morgan fingerprint density at radius 1 is 1.10 bits per heavy atom. The number of amides is 1. The molecule has 1 fully saturated rings. The van der Waals surface area contributed by atoms with E-state index in [9.17, 15) is 4.79 Å². The molecule has 31 heavy (non-hydrogen) atoms. The second kappa shape index (κ2) is 8.64. The summed E-state index contributed by atoms with van der Waals surface area (Å²) in [5, 5.41) is 6.30. The number of thiazole rings is 1. The molecule has 0 spiro atoms. The number of rotatable bonds is 6. The van der Waals surface area contributed by atoms with Crippen molar-refractivity contribution in [1.29, 1.82) is 0 Å². The third kappa shape index (κ3) is 4.13. The summed E-state index contributed by atoms with van der Waals surface area (Å²) < 4.78 is 3.92. The van der Waals surface area contributed by atoms with Gasteiger partial charge in [0.25, 0.3) is 5.91 Å². The van der Waals surface area contributed by atoms with Gasteiger partial charge in [-0.2, -0.15) is 5.10 Å². The summed E-state index contributed by atoms with van der Waals surface area (Å²) in [7, 11) is 2.09. The lowest BCUT2D eigenvalue weighted by molar-refractivity contribution is 0.0716. The van der Waals surface area contributed by atoms with Gasteiger partial charge in [0.2, 0.25) is 0 Å². The van der Waals surface area contributed by atoms with Crippen molar-refractivity contribution in [2.24, 2.45) is 0 Å². The summed E-state index contributed by atoms with van der Waals surface area (Å²) in [4.78, 5) is 23.0. The van der Waals surface area contributed by atoms with E-state index in [1.165, 1.54) is 12.0 Å². The van der Waals surface area contributed by atoms with Crippen molar-refractivity contribution in [2.75, 3.05) is 20.1 Å². The molecule has 1 aliphatic rings. The van der Waals surface area contributed by atoms with E-state index >= 15 is 0 Å². The number of likely N-dealkylation sites (tertiary alicyclic amines) is 1. The molecular weight excluding hydrogens is 408 g/mol. The minimum Gasteiger partial charge on any atom is -0.337 e. The van der Waals surface area contributed by atoms with Gasteiger partial charge in [-0.25, -0.2) is 9.67 Å². The highest BCUT2D eigenvalue weighted by atomic mass is 32.1. The fraction of sp³-hybridized carbons (Fsp3) is 0.348. The Hall–Kier alpha value is -2.97. The van der Waals surface area contributed by atoms with Crippen LogP contribution in [0.5, 0.6) is 0 Å². The van der Waals surface area contributed by atoms with Crippen LogP contribution in [0.3, 0.4) is 0 Å². The summed E-state index contributed by atoms with van der Waals surface area (Å²) in [5.41, 5.74) is 3.84. The summed E-state index contributed by atoms with van der Waals surface area (Å²) in [6.45, 7) is 3.12. The van der Waals surface area contributed by atoms with E-state index in [-0.39, 0.29) is 5.91 Å². The van der Waals surface area contributed by atoms with Crippen LogP contribution >= 0.6 is 11.3 Å². The van der Waals surface area contributed by atoms with E-state index in [0.717, 1.165) is 48.8 Å². The van der Waals surface area contributed by atoms with E-state index in [2.05, 4.69) is 45.7 Å². The highest BCUT2D eigenvalue weighted by Gasteiger charge is 2.26.